The van der Waals surface area contributed by atoms with Crippen LogP contribution >= 0.6 is 0 Å². The molecule has 4 heteroatoms. The molecule has 2 aromatic heterocycles. The van der Waals surface area contributed by atoms with E-state index in [4.69, 9.17) is 0 Å². The minimum Gasteiger partial charge on any atom is -0.364 e. The lowest BCUT2D eigenvalue weighted by Gasteiger charge is -2.19. The van der Waals surface area contributed by atoms with Crippen LogP contribution in [-0.2, 0) is 20.5 Å². The highest BCUT2D eigenvalue weighted by Gasteiger charge is 2.22. The third kappa shape index (κ3) is 2.59. The Kier molecular flexibility index (Phi) is 4.14. The zero-order chi connectivity index (χ0) is 19.3. The van der Waals surface area contributed by atoms with Gasteiger partial charge in [0, 0.05) is 81.6 Å². The number of anilines is 2. The van der Waals surface area contributed by atoms with Gasteiger partial charge in [-0.2, -0.15) is 0 Å². The minimum atomic E-state index is 0.906. The lowest BCUT2D eigenvalue weighted by molar-refractivity contribution is 0.892. The standard InChI is InChI=1S/C23H28N4/c1-24(2)22-18(16-11-7-9-13-20(16)26(22)5)15-19-17-12-8-10-14-21(17)27(6)23(19)25(3)4/h7-14H,15H2,1-6H3. The maximum Gasteiger partial charge on any atom is 0.112 e. The largest absolute Gasteiger partial charge is 0.364 e. The second kappa shape index (κ2) is 6.38. The van der Waals surface area contributed by atoms with E-state index in [1.165, 1.54) is 44.6 Å². The van der Waals surface area contributed by atoms with Crippen molar-refractivity contribution in [3.05, 3.63) is 59.7 Å². The van der Waals surface area contributed by atoms with Crippen LogP contribution in [0.2, 0.25) is 0 Å². The smallest absolute Gasteiger partial charge is 0.112 e. The van der Waals surface area contributed by atoms with Crippen LogP contribution in [0.15, 0.2) is 48.5 Å². The van der Waals surface area contributed by atoms with Crippen LogP contribution in [0.25, 0.3) is 21.8 Å². The average Bonchev–Trinajstić information content (AvgIpc) is 3.09. The van der Waals surface area contributed by atoms with Gasteiger partial charge in [-0.05, 0) is 12.1 Å². The summed E-state index contributed by atoms with van der Waals surface area (Å²) < 4.78 is 4.62. The highest BCUT2D eigenvalue weighted by molar-refractivity contribution is 5.94. The van der Waals surface area contributed by atoms with Crippen LogP contribution < -0.4 is 9.80 Å². The monoisotopic (exact) mass is 360 g/mol. The number of rotatable bonds is 4. The molecule has 4 aromatic rings. The topological polar surface area (TPSA) is 16.3 Å². The third-order valence-electron chi connectivity index (χ3n) is 5.56. The first kappa shape index (κ1) is 17.5. The van der Waals surface area contributed by atoms with Crippen molar-refractivity contribution in [3.8, 4) is 0 Å². The fourth-order valence-electron chi connectivity index (χ4n) is 4.58. The molecule has 4 nitrogen and oxygen atoms in total. The molecule has 0 atom stereocenters. The molecule has 0 spiro atoms. The number of hydrogen-bond acceptors (Lipinski definition) is 2. The molecule has 0 radical (unpaired) electrons. The first-order chi connectivity index (χ1) is 12.9. The molecule has 2 aromatic carbocycles. The summed E-state index contributed by atoms with van der Waals surface area (Å²) in [6.07, 6.45) is 0.906. The molecule has 0 aliphatic rings. The van der Waals surface area contributed by atoms with Gasteiger partial charge in [-0.25, -0.2) is 0 Å². The Morgan fingerprint density at radius 3 is 1.37 bits per heavy atom. The predicted molar refractivity (Wildman–Crippen MR) is 117 cm³/mol. The zero-order valence-electron chi connectivity index (χ0n) is 17.1. The van der Waals surface area contributed by atoms with Crippen molar-refractivity contribution in [1.82, 2.24) is 9.13 Å². The molecule has 0 unspecified atom stereocenters. The molecule has 0 fully saturated rings. The molecule has 140 valence electrons. The van der Waals surface area contributed by atoms with E-state index in [9.17, 15) is 0 Å². The van der Waals surface area contributed by atoms with Gasteiger partial charge in [0.2, 0.25) is 0 Å². The molecule has 0 saturated carbocycles. The van der Waals surface area contributed by atoms with Crippen molar-refractivity contribution in [2.75, 3.05) is 38.0 Å². The van der Waals surface area contributed by atoms with Crippen molar-refractivity contribution in [2.45, 2.75) is 6.42 Å². The van der Waals surface area contributed by atoms with Crippen molar-refractivity contribution in [2.24, 2.45) is 14.1 Å². The number of para-hydroxylation sites is 2. The van der Waals surface area contributed by atoms with Crippen molar-refractivity contribution >= 4 is 33.4 Å². The highest BCUT2D eigenvalue weighted by atomic mass is 15.2. The fraction of sp³-hybridized carbons (Fsp3) is 0.304. The molecule has 27 heavy (non-hydrogen) atoms. The van der Waals surface area contributed by atoms with E-state index in [-0.39, 0.29) is 0 Å². The van der Waals surface area contributed by atoms with Gasteiger partial charge in [0.25, 0.3) is 0 Å². The summed E-state index contributed by atoms with van der Waals surface area (Å²) in [5.74, 6) is 2.54. The van der Waals surface area contributed by atoms with E-state index >= 15 is 0 Å². The number of aryl methyl sites for hydroxylation is 2. The van der Waals surface area contributed by atoms with Crippen LogP contribution in [0.4, 0.5) is 11.6 Å². The maximum atomic E-state index is 2.31. The van der Waals surface area contributed by atoms with Crippen molar-refractivity contribution in [1.29, 1.82) is 0 Å². The summed E-state index contributed by atoms with van der Waals surface area (Å²) in [6.45, 7) is 0. The predicted octanol–water partition coefficient (Wildman–Crippen LogP) is 4.39. The number of nitrogens with zero attached hydrogens (tertiary/aromatic N) is 4. The van der Waals surface area contributed by atoms with Gasteiger partial charge in [0.1, 0.15) is 11.6 Å². The fourth-order valence-corrected chi connectivity index (χ4v) is 4.58. The van der Waals surface area contributed by atoms with Crippen molar-refractivity contribution in [3.63, 3.8) is 0 Å². The Bertz CT molecular complexity index is 1040. The number of benzene rings is 2. The molecular weight excluding hydrogens is 332 g/mol. The van der Waals surface area contributed by atoms with Crippen LogP contribution in [-0.4, -0.2) is 37.3 Å². The third-order valence-corrected chi connectivity index (χ3v) is 5.56. The van der Waals surface area contributed by atoms with Gasteiger partial charge in [-0.15, -0.1) is 0 Å². The van der Waals surface area contributed by atoms with E-state index in [1.807, 2.05) is 0 Å². The van der Waals surface area contributed by atoms with Crippen LogP contribution in [0.3, 0.4) is 0 Å². The second-order valence-corrected chi connectivity index (χ2v) is 7.72. The van der Waals surface area contributed by atoms with Crippen molar-refractivity contribution < 1.29 is 0 Å². The van der Waals surface area contributed by atoms with E-state index in [0.29, 0.717) is 0 Å². The summed E-state index contributed by atoms with van der Waals surface area (Å²) in [6, 6.07) is 17.4. The van der Waals surface area contributed by atoms with Gasteiger partial charge < -0.3 is 18.9 Å². The SMILES string of the molecule is CN(C)c1c(Cc2c(N(C)C)n(C)c3ccccc23)c2ccccc2n1C. The van der Waals surface area contributed by atoms with Crippen LogP contribution in [0.1, 0.15) is 11.1 Å². The van der Waals surface area contributed by atoms with E-state index < -0.39 is 0 Å². The number of aromatic nitrogens is 2. The second-order valence-electron chi connectivity index (χ2n) is 7.72. The van der Waals surface area contributed by atoms with E-state index in [0.717, 1.165) is 6.42 Å². The average molecular weight is 361 g/mol. The number of hydrogen-bond donors (Lipinski definition) is 0. The van der Waals surface area contributed by atoms with E-state index in [1.54, 1.807) is 0 Å². The summed E-state index contributed by atoms with van der Waals surface area (Å²) >= 11 is 0. The molecule has 0 N–H and O–H groups in total. The van der Waals surface area contributed by atoms with Gasteiger partial charge in [0.05, 0.1) is 0 Å². The van der Waals surface area contributed by atoms with Gasteiger partial charge in [0.15, 0.2) is 0 Å². The molecule has 0 aliphatic heterocycles. The Hall–Kier alpha value is -2.88. The molecule has 0 bridgehead atoms. The molecule has 0 aliphatic carbocycles. The minimum absolute atomic E-state index is 0.906. The normalized spacial score (nSPS) is 11.5. The summed E-state index contributed by atoms with van der Waals surface area (Å²) in [4.78, 5) is 4.46. The molecule has 2 heterocycles. The molecule has 0 saturated heterocycles. The lowest BCUT2D eigenvalue weighted by atomic mass is 10.0. The maximum absolute atomic E-state index is 2.31. The van der Waals surface area contributed by atoms with Gasteiger partial charge >= 0.3 is 0 Å². The van der Waals surface area contributed by atoms with Crippen LogP contribution in [0, 0.1) is 0 Å². The molecule has 4 rings (SSSR count). The molecular formula is C23H28N4. The van der Waals surface area contributed by atoms with Crippen LogP contribution in [0.5, 0.6) is 0 Å². The zero-order valence-corrected chi connectivity index (χ0v) is 17.1. The molecule has 0 amide bonds. The lowest BCUT2D eigenvalue weighted by Crippen LogP contribution is -2.16. The first-order valence-electron chi connectivity index (χ1n) is 9.39. The first-order valence-corrected chi connectivity index (χ1v) is 9.39. The van der Waals surface area contributed by atoms with E-state index in [2.05, 4.69) is 110 Å². The number of fused-ring (bicyclic) bond motifs is 2. The summed E-state index contributed by atoms with van der Waals surface area (Å²) in [7, 11) is 12.9. The Labute approximate surface area is 161 Å². The quantitative estimate of drug-likeness (QED) is 0.536. The Balaban J connectivity index is 2.01. The van der Waals surface area contributed by atoms with Gasteiger partial charge in [-0.1, -0.05) is 36.4 Å². The summed E-state index contributed by atoms with van der Waals surface area (Å²) in [5, 5.41) is 2.67. The highest BCUT2D eigenvalue weighted by Crippen LogP contribution is 2.38. The Morgan fingerprint density at radius 1 is 0.630 bits per heavy atom. The van der Waals surface area contributed by atoms with Gasteiger partial charge in [-0.3, -0.25) is 0 Å². The Morgan fingerprint density at radius 2 is 1.00 bits per heavy atom. The summed E-state index contributed by atoms with van der Waals surface area (Å²) in [5.41, 5.74) is 5.33.